The Morgan fingerprint density at radius 2 is 2.19 bits per heavy atom. The maximum Gasteiger partial charge on any atom is 0.326 e. The monoisotopic (exact) mass is 227 g/mol. The lowest BCUT2D eigenvalue weighted by molar-refractivity contribution is -0.138. The Morgan fingerprint density at radius 1 is 1.56 bits per heavy atom. The molecule has 0 radical (unpaired) electrons. The van der Waals surface area contributed by atoms with E-state index in [0.29, 0.717) is 11.4 Å². The van der Waals surface area contributed by atoms with E-state index >= 15 is 0 Å². The molecule has 0 aliphatic heterocycles. The highest BCUT2D eigenvalue weighted by Crippen LogP contribution is 2.29. The summed E-state index contributed by atoms with van der Waals surface area (Å²) in [5, 5.41) is 8.87. The van der Waals surface area contributed by atoms with E-state index in [9.17, 15) is 9.18 Å². The molecule has 0 amide bonds. The number of methoxy groups -OCH3 is 1. The number of anilines is 1. The predicted molar refractivity (Wildman–Crippen MR) is 58.5 cm³/mol. The van der Waals surface area contributed by atoms with Crippen molar-refractivity contribution in [1.82, 2.24) is 0 Å². The molecule has 1 unspecified atom stereocenters. The Balaban J connectivity index is 3.10. The fourth-order valence-electron chi connectivity index (χ4n) is 1.31. The third-order valence-corrected chi connectivity index (χ3v) is 2.46. The molecule has 1 rings (SSSR count). The standard InChI is InChI=1S/C11H14FNO3/c1-7(11(14)15)13(2)9-6-8(12)4-5-10(9)16-3/h4-7H,1-3H3,(H,14,15). The first-order valence-electron chi connectivity index (χ1n) is 4.76. The van der Waals surface area contributed by atoms with Crippen LogP contribution in [0, 0.1) is 5.82 Å². The zero-order valence-electron chi connectivity index (χ0n) is 9.40. The number of hydrogen-bond donors (Lipinski definition) is 1. The number of carboxylic acid groups (broad SMARTS) is 1. The molecule has 0 bridgehead atoms. The zero-order valence-corrected chi connectivity index (χ0v) is 9.40. The maximum atomic E-state index is 13.1. The van der Waals surface area contributed by atoms with Gasteiger partial charge in [-0.05, 0) is 19.1 Å². The molecule has 88 valence electrons. The highest BCUT2D eigenvalue weighted by Gasteiger charge is 2.20. The molecule has 4 nitrogen and oxygen atoms in total. The number of hydrogen-bond acceptors (Lipinski definition) is 3. The second-order valence-electron chi connectivity index (χ2n) is 3.44. The average Bonchev–Trinajstić information content (AvgIpc) is 2.26. The summed E-state index contributed by atoms with van der Waals surface area (Å²) in [7, 11) is 3.03. The van der Waals surface area contributed by atoms with E-state index in [1.807, 2.05) is 0 Å². The molecular formula is C11H14FNO3. The van der Waals surface area contributed by atoms with Gasteiger partial charge in [0.1, 0.15) is 17.6 Å². The quantitative estimate of drug-likeness (QED) is 0.851. The van der Waals surface area contributed by atoms with E-state index in [4.69, 9.17) is 9.84 Å². The van der Waals surface area contributed by atoms with Gasteiger partial charge in [-0.1, -0.05) is 0 Å². The SMILES string of the molecule is COc1ccc(F)cc1N(C)C(C)C(=O)O. The lowest BCUT2D eigenvalue weighted by atomic mass is 10.2. The Kier molecular flexibility index (Phi) is 3.71. The first-order valence-corrected chi connectivity index (χ1v) is 4.76. The van der Waals surface area contributed by atoms with Crippen molar-refractivity contribution in [1.29, 1.82) is 0 Å². The number of halogens is 1. The van der Waals surface area contributed by atoms with Gasteiger partial charge in [0, 0.05) is 13.1 Å². The van der Waals surface area contributed by atoms with Crippen LogP contribution in [0.3, 0.4) is 0 Å². The van der Waals surface area contributed by atoms with E-state index in [1.54, 1.807) is 7.05 Å². The van der Waals surface area contributed by atoms with E-state index in [1.165, 1.54) is 37.1 Å². The van der Waals surface area contributed by atoms with Crippen molar-refractivity contribution < 1.29 is 19.0 Å². The van der Waals surface area contributed by atoms with Crippen LogP contribution in [0.5, 0.6) is 5.75 Å². The fraction of sp³-hybridized carbons (Fsp3) is 0.364. The van der Waals surface area contributed by atoms with Crippen LogP contribution in [0.2, 0.25) is 0 Å². The number of benzene rings is 1. The van der Waals surface area contributed by atoms with Gasteiger partial charge in [0.15, 0.2) is 0 Å². The number of rotatable bonds is 4. The summed E-state index contributed by atoms with van der Waals surface area (Å²) >= 11 is 0. The summed E-state index contributed by atoms with van der Waals surface area (Å²) in [6.45, 7) is 1.52. The molecule has 0 aromatic heterocycles. The summed E-state index contributed by atoms with van der Waals surface area (Å²) < 4.78 is 18.1. The van der Waals surface area contributed by atoms with Crippen LogP contribution < -0.4 is 9.64 Å². The molecule has 0 saturated heterocycles. The van der Waals surface area contributed by atoms with Crippen LogP contribution in [-0.4, -0.2) is 31.3 Å². The van der Waals surface area contributed by atoms with Crippen molar-refractivity contribution in [3.63, 3.8) is 0 Å². The highest BCUT2D eigenvalue weighted by atomic mass is 19.1. The van der Waals surface area contributed by atoms with Crippen molar-refractivity contribution in [2.75, 3.05) is 19.1 Å². The van der Waals surface area contributed by atoms with Crippen molar-refractivity contribution in [2.45, 2.75) is 13.0 Å². The van der Waals surface area contributed by atoms with E-state index in [0.717, 1.165) is 0 Å². The Hall–Kier alpha value is -1.78. The average molecular weight is 227 g/mol. The highest BCUT2D eigenvalue weighted by molar-refractivity contribution is 5.78. The summed E-state index contributed by atoms with van der Waals surface area (Å²) in [4.78, 5) is 12.3. The Labute approximate surface area is 93.3 Å². The van der Waals surface area contributed by atoms with Crippen LogP contribution in [0.1, 0.15) is 6.92 Å². The molecule has 0 heterocycles. The maximum absolute atomic E-state index is 13.1. The van der Waals surface area contributed by atoms with E-state index in [-0.39, 0.29) is 0 Å². The Bertz CT molecular complexity index is 395. The molecule has 0 aliphatic rings. The second kappa shape index (κ2) is 4.83. The van der Waals surface area contributed by atoms with Gasteiger partial charge in [0.25, 0.3) is 0 Å². The van der Waals surface area contributed by atoms with Gasteiger partial charge in [-0.3, -0.25) is 0 Å². The third kappa shape index (κ3) is 2.42. The van der Waals surface area contributed by atoms with Gasteiger partial charge in [-0.15, -0.1) is 0 Å². The Morgan fingerprint density at radius 3 is 2.69 bits per heavy atom. The summed E-state index contributed by atoms with van der Waals surface area (Å²) in [6, 6.07) is 3.23. The number of nitrogens with zero attached hydrogens (tertiary/aromatic N) is 1. The third-order valence-electron chi connectivity index (χ3n) is 2.46. The van der Waals surface area contributed by atoms with E-state index in [2.05, 4.69) is 0 Å². The minimum absolute atomic E-state index is 0.414. The minimum atomic E-state index is -0.978. The summed E-state index contributed by atoms with van der Waals surface area (Å²) in [6.07, 6.45) is 0. The van der Waals surface area contributed by atoms with Gasteiger partial charge < -0.3 is 14.7 Å². The second-order valence-corrected chi connectivity index (χ2v) is 3.44. The van der Waals surface area contributed by atoms with Crippen LogP contribution in [0.4, 0.5) is 10.1 Å². The van der Waals surface area contributed by atoms with Crippen LogP contribution in [0.25, 0.3) is 0 Å². The molecule has 0 spiro atoms. The minimum Gasteiger partial charge on any atom is -0.495 e. The molecule has 0 saturated carbocycles. The molecule has 5 heteroatoms. The number of aliphatic carboxylic acids is 1. The molecule has 1 atom stereocenters. The number of carboxylic acids is 1. The largest absolute Gasteiger partial charge is 0.495 e. The molecule has 1 aromatic carbocycles. The van der Waals surface area contributed by atoms with Gasteiger partial charge in [-0.25, -0.2) is 9.18 Å². The van der Waals surface area contributed by atoms with Crippen molar-refractivity contribution in [3.05, 3.63) is 24.0 Å². The zero-order chi connectivity index (χ0) is 12.3. The summed E-state index contributed by atoms with van der Waals surface area (Å²) in [5.74, 6) is -0.967. The number of carbonyl (C=O) groups is 1. The molecule has 16 heavy (non-hydrogen) atoms. The van der Waals surface area contributed by atoms with Gasteiger partial charge in [0.05, 0.1) is 12.8 Å². The van der Waals surface area contributed by atoms with Gasteiger partial charge in [-0.2, -0.15) is 0 Å². The molecular weight excluding hydrogens is 213 g/mol. The first kappa shape index (κ1) is 12.3. The fourth-order valence-corrected chi connectivity index (χ4v) is 1.31. The molecule has 0 aliphatic carbocycles. The topological polar surface area (TPSA) is 49.8 Å². The van der Waals surface area contributed by atoms with Crippen LogP contribution >= 0.6 is 0 Å². The smallest absolute Gasteiger partial charge is 0.326 e. The van der Waals surface area contributed by atoms with Crippen LogP contribution in [0.15, 0.2) is 18.2 Å². The van der Waals surface area contributed by atoms with Crippen molar-refractivity contribution in [3.8, 4) is 5.75 Å². The van der Waals surface area contributed by atoms with Gasteiger partial charge in [0.2, 0.25) is 0 Å². The lowest BCUT2D eigenvalue weighted by Crippen LogP contribution is -2.36. The van der Waals surface area contributed by atoms with Gasteiger partial charge >= 0.3 is 5.97 Å². The summed E-state index contributed by atoms with van der Waals surface area (Å²) in [5.41, 5.74) is 0.414. The van der Waals surface area contributed by atoms with Crippen LogP contribution in [-0.2, 0) is 4.79 Å². The number of likely N-dealkylation sites (N-methyl/N-ethyl adjacent to an activating group) is 1. The normalized spacial score (nSPS) is 12.0. The molecule has 0 fully saturated rings. The lowest BCUT2D eigenvalue weighted by Gasteiger charge is -2.25. The van der Waals surface area contributed by atoms with Crippen molar-refractivity contribution in [2.24, 2.45) is 0 Å². The number of ether oxygens (including phenoxy) is 1. The van der Waals surface area contributed by atoms with Crippen molar-refractivity contribution >= 4 is 11.7 Å². The predicted octanol–water partition coefficient (Wildman–Crippen LogP) is 1.74. The molecule has 1 N–H and O–H groups in total. The molecule has 1 aromatic rings. The van der Waals surface area contributed by atoms with E-state index < -0.39 is 17.8 Å². The first-order chi connectivity index (χ1) is 7.47.